The van der Waals surface area contributed by atoms with Crippen LogP contribution in [0.1, 0.15) is 12.8 Å². The van der Waals surface area contributed by atoms with Gasteiger partial charge in [-0.15, -0.1) is 0 Å². The summed E-state index contributed by atoms with van der Waals surface area (Å²) in [5.74, 6) is -1.23. The first-order valence-electron chi connectivity index (χ1n) is 4.31. The summed E-state index contributed by atoms with van der Waals surface area (Å²) in [5.41, 5.74) is 0. The molecule has 0 saturated heterocycles. The molecule has 0 saturated carbocycles. The lowest BCUT2D eigenvalue weighted by Crippen LogP contribution is -2.14. The molecule has 0 spiro atoms. The van der Waals surface area contributed by atoms with E-state index < -0.39 is 11.9 Å². The number of carboxylic acid groups (broad SMARTS) is 1. The van der Waals surface area contributed by atoms with Gasteiger partial charge < -0.3 is 10.4 Å². The predicted molar refractivity (Wildman–Crippen MR) is 59.8 cm³/mol. The third-order valence-corrected chi connectivity index (χ3v) is 2.35. The molecule has 7 heteroatoms. The Morgan fingerprint density at radius 1 is 1.31 bits per heavy atom. The van der Waals surface area contributed by atoms with Crippen molar-refractivity contribution in [2.45, 2.75) is 12.8 Å². The molecule has 5 nitrogen and oxygen atoms in total. The van der Waals surface area contributed by atoms with Crippen LogP contribution in [0, 0.1) is 0 Å². The second-order valence-corrected chi connectivity index (χ2v) is 3.74. The van der Waals surface area contributed by atoms with E-state index in [4.69, 9.17) is 28.3 Å². The Morgan fingerprint density at radius 3 is 2.56 bits per heavy atom. The molecule has 0 aliphatic carbocycles. The molecule has 2 N–H and O–H groups in total. The van der Waals surface area contributed by atoms with Gasteiger partial charge in [-0.1, -0.05) is 23.2 Å². The average Bonchev–Trinajstić information content (AvgIpc) is 2.21. The number of nitrogens with one attached hydrogen (secondary N) is 1. The molecule has 0 fully saturated rings. The van der Waals surface area contributed by atoms with E-state index in [-0.39, 0.29) is 28.7 Å². The highest BCUT2D eigenvalue weighted by Gasteiger charge is 2.07. The molecule has 0 radical (unpaired) electrons. The lowest BCUT2D eigenvalue weighted by atomic mass is 10.3. The predicted octanol–water partition coefficient (Wildman–Crippen LogP) is 2.19. The summed E-state index contributed by atoms with van der Waals surface area (Å²) < 4.78 is 0. The fourth-order valence-corrected chi connectivity index (χ4v) is 1.16. The van der Waals surface area contributed by atoms with Crippen LogP contribution in [-0.2, 0) is 9.59 Å². The summed E-state index contributed by atoms with van der Waals surface area (Å²) in [6, 6.07) is 1.39. The largest absolute Gasteiger partial charge is 0.481 e. The van der Waals surface area contributed by atoms with Crippen LogP contribution in [0.3, 0.4) is 0 Å². The van der Waals surface area contributed by atoms with Crippen LogP contribution in [0.15, 0.2) is 12.3 Å². The van der Waals surface area contributed by atoms with Gasteiger partial charge in [-0.05, 0) is 0 Å². The number of carbonyl (C=O) groups is 2. The first-order valence-corrected chi connectivity index (χ1v) is 5.07. The van der Waals surface area contributed by atoms with E-state index in [1.165, 1.54) is 12.3 Å². The number of aliphatic carboxylic acids is 1. The van der Waals surface area contributed by atoms with Gasteiger partial charge in [0, 0.05) is 18.7 Å². The van der Waals surface area contributed by atoms with Crippen molar-refractivity contribution in [2.24, 2.45) is 0 Å². The summed E-state index contributed by atoms with van der Waals surface area (Å²) in [6.07, 6.45) is 0.959. The van der Waals surface area contributed by atoms with Gasteiger partial charge in [0.1, 0.15) is 5.82 Å². The number of halogens is 2. The number of aromatic nitrogens is 1. The van der Waals surface area contributed by atoms with Crippen molar-refractivity contribution < 1.29 is 14.7 Å². The highest BCUT2D eigenvalue weighted by atomic mass is 35.5. The van der Waals surface area contributed by atoms with E-state index in [1.807, 2.05) is 0 Å². The number of pyridine rings is 1. The number of carbonyl (C=O) groups excluding carboxylic acids is 1. The number of hydrogen-bond acceptors (Lipinski definition) is 3. The zero-order chi connectivity index (χ0) is 12.1. The topological polar surface area (TPSA) is 79.3 Å². The van der Waals surface area contributed by atoms with Crippen molar-refractivity contribution in [2.75, 3.05) is 5.32 Å². The molecule has 16 heavy (non-hydrogen) atoms. The van der Waals surface area contributed by atoms with Gasteiger partial charge in [0.2, 0.25) is 5.91 Å². The third kappa shape index (κ3) is 4.04. The fourth-order valence-electron chi connectivity index (χ4n) is 0.908. The van der Waals surface area contributed by atoms with Crippen molar-refractivity contribution in [1.82, 2.24) is 4.98 Å². The maximum atomic E-state index is 11.2. The average molecular weight is 263 g/mol. The van der Waals surface area contributed by atoms with Gasteiger partial charge in [0.25, 0.3) is 0 Å². The quantitative estimate of drug-likeness (QED) is 0.872. The number of amides is 1. The Morgan fingerprint density at radius 2 is 2.00 bits per heavy atom. The Bertz CT molecular complexity index is 423. The van der Waals surface area contributed by atoms with Gasteiger partial charge >= 0.3 is 5.97 Å². The smallest absolute Gasteiger partial charge is 0.303 e. The number of hydrogen-bond donors (Lipinski definition) is 2. The Hall–Kier alpha value is -1.33. The number of anilines is 1. The van der Waals surface area contributed by atoms with Crippen LogP contribution in [0.4, 0.5) is 5.82 Å². The number of carboxylic acids is 1. The summed E-state index contributed by atoms with van der Waals surface area (Å²) >= 11 is 11.3. The highest BCUT2D eigenvalue weighted by molar-refractivity contribution is 6.42. The lowest BCUT2D eigenvalue weighted by molar-refractivity contribution is -0.138. The fraction of sp³-hybridized carbons (Fsp3) is 0.222. The minimum atomic E-state index is -1.03. The standard InChI is InChI=1S/C9H8Cl2N2O3/c10-5-3-7(12-4-6(5)11)13-8(14)1-2-9(15)16/h3-4H,1-2H2,(H,15,16)(H,12,13,14). The molecule has 1 amide bonds. The molecule has 0 atom stereocenters. The van der Waals surface area contributed by atoms with Gasteiger partial charge in [-0.3, -0.25) is 9.59 Å². The van der Waals surface area contributed by atoms with Gasteiger partial charge in [-0.2, -0.15) is 0 Å². The van der Waals surface area contributed by atoms with E-state index in [9.17, 15) is 9.59 Å². The second kappa shape index (κ2) is 5.67. The molecule has 0 unspecified atom stereocenters. The van der Waals surface area contributed by atoms with Crippen LogP contribution >= 0.6 is 23.2 Å². The summed E-state index contributed by atoms with van der Waals surface area (Å²) in [4.78, 5) is 25.3. The first-order chi connectivity index (χ1) is 7.49. The van der Waals surface area contributed by atoms with Crippen LogP contribution < -0.4 is 5.32 Å². The normalized spacial score (nSPS) is 9.88. The molecular formula is C9H8Cl2N2O3. The van der Waals surface area contributed by atoms with Crippen molar-refractivity contribution in [1.29, 1.82) is 0 Å². The minimum absolute atomic E-state index is 0.114. The van der Waals surface area contributed by atoms with E-state index in [2.05, 4.69) is 10.3 Å². The van der Waals surface area contributed by atoms with E-state index in [0.717, 1.165) is 0 Å². The zero-order valence-corrected chi connectivity index (χ0v) is 9.55. The van der Waals surface area contributed by atoms with Crippen LogP contribution in [0.5, 0.6) is 0 Å². The maximum Gasteiger partial charge on any atom is 0.303 e. The zero-order valence-electron chi connectivity index (χ0n) is 8.04. The Kier molecular flexibility index (Phi) is 4.52. The van der Waals surface area contributed by atoms with Crippen molar-refractivity contribution >= 4 is 40.9 Å². The molecule has 0 bridgehead atoms. The molecule has 86 valence electrons. The van der Waals surface area contributed by atoms with Crippen molar-refractivity contribution in [3.8, 4) is 0 Å². The first kappa shape index (κ1) is 12.7. The Labute approximate surface area is 101 Å². The second-order valence-electron chi connectivity index (χ2n) is 2.93. The summed E-state index contributed by atoms with van der Waals surface area (Å²) in [5, 5.41) is 11.3. The van der Waals surface area contributed by atoms with Gasteiger partial charge in [-0.25, -0.2) is 4.98 Å². The SMILES string of the molecule is O=C(O)CCC(=O)Nc1cc(Cl)c(Cl)cn1. The van der Waals surface area contributed by atoms with E-state index in [1.54, 1.807) is 0 Å². The van der Waals surface area contributed by atoms with Crippen molar-refractivity contribution in [3.63, 3.8) is 0 Å². The number of nitrogens with zero attached hydrogens (tertiary/aromatic N) is 1. The van der Waals surface area contributed by atoms with Crippen LogP contribution in [-0.4, -0.2) is 22.0 Å². The van der Waals surface area contributed by atoms with Crippen LogP contribution in [0.2, 0.25) is 10.0 Å². The Balaban J connectivity index is 2.56. The lowest BCUT2D eigenvalue weighted by Gasteiger charge is -2.04. The van der Waals surface area contributed by atoms with E-state index in [0.29, 0.717) is 0 Å². The molecule has 0 aliphatic rings. The maximum absolute atomic E-state index is 11.2. The number of rotatable bonds is 4. The minimum Gasteiger partial charge on any atom is -0.481 e. The summed E-state index contributed by atoms with van der Waals surface area (Å²) in [7, 11) is 0. The monoisotopic (exact) mass is 262 g/mol. The molecule has 1 heterocycles. The highest BCUT2D eigenvalue weighted by Crippen LogP contribution is 2.22. The van der Waals surface area contributed by atoms with Crippen molar-refractivity contribution in [3.05, 3.63) is 22.3 Å². The summed E-state index contributed by atoms with van der Waals surface area (Å²) in [6.45, 7) is 0. The van der Waals surface area contributed by atoms with E-state index >= 15 is 0 Å². The molecule has 1 aromatic rings. The molecule has 1 rings (SSSR count). The van der Waals surface area contributed by atoms with Gasteiger partial charge in [0.15, 0.2) is 0 Å². The molecule has 0 aliphatic heterocycles. The molecule has 0 aromatic carbocycles. The molecular weight excluding hydrogens is 255 g/mol. The third-order valence-electron chi connectivity index (χ3n) is 1.64. The van der Waals surface area contributed by atoms with Crippen LogP contribution in [0.25, 0.3) is 0 Å². The van der Waals surface area contributed by atoms with Gasteiger partial charge in [0.05, 0.1) is 16.5 Å². The molecule has 1 aromatic heterocycles.